The number of nitrogens with zero attached hydrogens (tertiary/aromatic N) is 1. The number of rotatable bonds is 5. The van der Waals surface area contributed by atoms with Crippen LogP contribution in [0.25, 0.3) is 0 Å². The third-order valence-corrected chi connectivity index (χ3v) is 2.71. The predicted octanol–water partition coefficient (Wildman–Crippen LogP) is 2.09. The standard InChI is InChI=1S/C13H18F2N2O/c1-9(16-7-6-13(18)17(2)3)11-8-10(14)4-5-12(11)15/h4-5,8-9,16H,6-7H2,1-3H3. The molecule has 100 valence electrons. The van der Waals surface area contributed by atoms with E-state index in [0.717, 1.165) is 12.1 Å². The molecule has 3 nitrogen and oxygen atoms in total. The molecule has 1 aromatic rings. The first-order chi connectivity index (χ1) is 8.41. The number of hydrogen-bond acceptors (Lipinski definition) is 2. The molecule has 0 saturated heterocycles. The minimum Gasteiger partial charge on any atom is -0.349 e. The van der Waals surface area contributed by atoms with E-state index in [1.165, 1.54) is 11.0 Å². The van der Waals surface area contributed by atoms with Gasteiger partial charge in [0.2, 0.25) is 5.91 Å². The van der Waals surface area contributed by atoms with Crippen LogP contribution in [0, 0.1) is 11.6 Å². The van der Waals surface area contributed by atoms with E-state index in [9.17, 15) is 13.6 Å². The van der Waals surface area contributed by atoms with Gasteiger partial charge in [-0.15, -0.1) is 0 Å². The number of benzene rings is 1. The molecule has 0 aliphatic carbocycles. The third-order valence-electron chi connectivity index (χ3n) is 2.71. The van der Waals surface area contributed by atoms with Crippen molar-refractivity contribution in [1.29, 1.82) is 0 Å². The van der Waals surface area contributed by atoms with Crippen molar-refractivity contribution in [1.82, 2.24) is 10.2 Å². The maximum atomic E-state index is 13.5. The molecular formula is C13H18F2N2O. The molecule has 0 radical (unpaired) electrons. The molecule has 1 atom stereocenters. The fourth-order valence-corrected chi connectivity index (χ4v) is 1.58. The van der Waals surface area contributed by atoms with Crippen molar-refractivity contribution in [2.45, 2.75) is 19.4 Å². The first-order valence-electron chi connectivity index (χ1n) is 5.80. The molecule has 0 aliphatic heterocycles. The van der Waals surface area contributed by atoms with Crippen LogP contribution < -0.4 is 5.32 Å². The normalized spacial score (nSPS) is 12.3. The second-order valence-corrected chi connectivity index (χ2v) is 4.38. The Labute approximate surface area is 106 Å². The summed E-state index contributed by atoms with van der Waals surface area (Å²) in [4.78, 5) is 12.8. The highest BCUT2D eigenvalue weighted by Crippen LogP contribution is 2.17. The van der Waals surface area contributed by atoms with E-state index in [-0.39, 0.29) is 17.5 Å². The molecule has 0 aromatic heterocycles. The Kier molecular flexibility index (Phi) is 5.22. The smallest absolute Gasteiger partial charge is 0.223 e. The van der Waals surface area contributed by atoms with Crippen LogP contribution in [0.15, 0.2) is 18.2 Å². The van der Waals surface area contributed by atoms with Gasteiger partial charge in [-0.05, 0) is 25.1 Å². The maximum absolute atomic E-state index is 13.5. The van der Waals surface area contributed by atoms with E-state index in [1.54, 1.807) is 21.0 Å². The van der Waals surface area contributed by atoms with Gasteiger partial charge >= 0.3 is 0 Å². The quantitative estimate of drug-likeness (QED) is 0.875. The van der Waals surface area contributed by atoms with Crippen molar-refractivity contribution in [3.63, 3.8) is 0 Å². The molecule has 1 unspecified atom stereocenters. The molecule has 18 heavy (non-hydrogen) atoms. The van der Waals surface area contributed by atoms with Crippen LogP contribution in [-0.2, 0) is 4.79 Å². The van der Waals surface area contributed by atoms with Crippen LogP contribution in [0.2, 0.25) is 0 Å². The molecule has 1 rings (SSSR count). The van der Waals surface area contributed by atoms with Crippen LogP contribution in [0.1, 0.15) is 24.9 Å². The van der Waals surface area contributed by atoms with E-state index in [4.69, 9.17) is 0 Å². The summed E-state index contributed by atoms with van der Waals surface area (Å²) in [6.45, 7) is 2.16. The first kappa shape index (κ1) is 14.6. The van der Waals surface area contributed by atoms with Crippen LogP contribution >= 0.6 is 0 Å². The van der Waals surface area contributed by atoms with Crippen molar-refractivity contribution in [2.75, 3.05) is 20.6 Å². The lowest BCUT2D eigenvalue weighted by Gasteiger charge is -2.16. The van der Waals surface area contributed by atoms with Crippen LogP contribution in [0.4, 0.5) is 8.78 Å². The summed E-state index contributed by atoms with van der Waals surface area (Å²) in [5.74, 6) is -0.922. The summed E-state index contributed by atoms with van der Waals surface area (Å²) in [7, 11) is 3.36. The molecule has 0 heterocycles. The van der Waals surface area contributed by atoms with E-state index in [0.29, 0.717) is 13.0 Å². The zero-order chi connectivity index (χ0) is 13.7. The molecule has 1 amide bonds. The third kappa shape index (κ3) is 4.07. The Morgan fingerprint density at radius 1 is 1.39 bits per heavy atom. The molecule has 0 aliphatic rings. The van der Waals surface area contributed by atoms with Gasteiger partial charge in [-0.2, -0.15) is 0 Å². The van der Waals surface area contributed by atoms with Gasteiger partial charge in [0, 0.05) is 38.7 Å². The fraction of sp³-hybridized carbons (Fsp3) is 0.462. The Bertz CT molecular complexity index is 421. The Hall–Kier alpha value is -1.49. The highest BCUT2D eigenvalue weighted by Gasteiger charge is 2.12. The van der Waals surface area contributed by atoms with Gasteiger partial charge in [-0.3, -0.25) is 4.79 Å². The van der Waals surface area contributed by atoms with Crippen LogP contribution in [0.5, 0.6) is 0 Å². The molecule has 0 fully saturated rings. The van der Waals surface area contributed by atoms with Gasteiger partial charge in [0.15, 0.2) is 0 Å². The summed E-state index contributed by atoms with van der Waals surface area (Å²) >= 11 is 0. The molecular weight excluding hydrogens is 238 g/mol. The SMILES string of the molecule is CC(NCCC(=O)N(C)C)c1cc(F)ccc1F. The lowest BCUT2D eigenvalue weighted by atomic mass is 10.1. The van der Waals surface area contributed by atoms with Crippen molar-refractivity contribution in [2.24, 2.45) is 0 Å². The van der Waals surface area contributed by atoms with E-state index < -0.39 is 11.6 Å². The Balaban J connectivity index is 2.53. The fourth-order valence-electron chi connectivity index (χ4n) is 1.58. The zero-order valence-electron chi connectivity index (χ0n) is 10.8. The highest BCUT2D eigenvalue weighted by molar-refractivity contribution is 5.75. The van der Waals surface area contributed by atoms with Gasteiger partial charge in [-0.1, -0.05) is 0 Å². The summed E-state index contributed by atoms with van der Waals surface area (Å²) in [6, 6.07) is 3.02. The second kappa shape index (κ2) is 6.44. The minimum absolute atomic E-state index is 0.00517. The first-order valence-corrected chi connectivity index (χ1v) is 5.80. The molecule has 1 N–H and O–H groups in total. The van der Waals surface area contributed by atoms with Crippen molar-refractivity contribution < 1.29 is 13.6 Å². The molecule has 0 bridgehead atoms. The lowest BCUT2D eigenvalue weighted by molar-refractivity contribution is -0.128. The molecule has 0 spiro atoms. The number of amides is 1. The predicted molar refractivity (Wildman–Crippen MR) is 66.1 cm³/mol. The van der Waals surface area contributed by atoms with Crippen molar-refractivity contribution >= 4 is 5.91 Å². The second-order valence-electron chi connectivity index (χ2n) is 4.38. The van der Waals surface area contributed by atoms with Gasteiger partial charge < -0.3 is 10.2 Å². The van der Waals surface area contributed by atoms with Gasteiger partial charge in [0.1, 0.15) is 11.6 Å². The largest absolute Gasteiger partial charge is 0.349 e. The summed E-state index contributed by atoms with van der Waals surface area (Å²) in [5, 5.41) is 3.00. The van der Waals surface area contributed by atoms with Crippen LogP contribution in [-0.4, -0.2) is 31.4 Å². The highest BCUT2D eigenvalue weighted by atomic mass is 19.1. The topological polar surface area (TPSA) is 32.3 Å². The average Bonchev–Trinajstić information content (AvgIpc) is 2.31. The van der Waals surface area contributed by atoms with Crippen molar-refractivity contribution in [3.05, 3.63) is 35.4 Å². The van der Waals surface area contributed by atoms with Crippen molar-refractivity contribution in [3.8, 4) is 0 Å². The Morgan fingerprint density at radius 3 is 2.67 bits per heavy atom. The van der Waals surface area contributed by atoms with E-state index >= 15 is 0 Å². The average molecular weight is 256 g/mol. The summed E-state index contributed by atoms with van der Waals surface area (Å²) in [6.07, 6.45) is 0.328. The molecule has 1 aromatic carbocycles. The zero-order valence-corrected chi connectivity index (χ0v) is 10.8. The monoisotopic (exact) mass is 256 g/mol. The number of carbonyl (C=O) groups excluding carboxylic acids is 1. The Morgan fingerprint density at radius 2 is 2.06 bits per heavy atom. The molecule has 5 heteroatoms. The van der Waals surface area contributed by atoms with Gasteiger partial charge in [0.05, 0.1) is 0 Å². The van der Waals surface area contributed by atoms with Gasteiger partial charge in [-0.25, -0.2) is 8.78 Å². The minimum atomic E-state index is -0.468. The number of hydrogen-bond donors (Lipinski definition) is 1. The number of nitrogens with one attached hydrogen (secondary N) is 1. The van der Waals surface area contributed by atoms with E-state index in [2.05, 4.69) is 5.32 Å². The maximum Gasteiger partial charge on any atom is 0.223 e. The molecule has 0 saturated carbocycles. The number of halogens is 2. The van der Waals surface area contributed by atoms with Crippen LogP contribution in [0.3, 0.4) is 0 Å². The van der Waals surface area contributed by atoms with Gasteiger partial charge in [0.25, 0.3) is 0 Å². The van der Waals surface area contributed by atoms with E-state index in [1.807, 2.05) is 0 Å². The lowest BCUT2D eigenvalue weighted by Crippen LogP contribution is -2.28. The summed E-state index contributed by atoms with van der Waals surface area (Å²) in [5.41, 5.74) is 0.271. The summed E-state index contributed by atoms with van der Waals surface area (Å²) < 4.78 is 26.5. The number of carbonyl (C=O) groups is 1.